The number of carbonyl (C=O) groups is 3. The van der Waals surface area contributed by atoms with Crippen LogP contribution in [0.1, 0.15) is 67.3 Å². The van der Waals surface area contributed by atoms with Gasteiger partial charge in [0.05, 0.1) is 12.6 Å². The first kappa shape index (κ1) is 33.7. The summed E-state index contributed by atoms with van der Waals surface area (Å²) in [6, 6.07) is -0.314. The molecule has 5 atom stereocenters. The standard InChI is InChI=1S/C33H42N4O7S/c1-6-19-15(2)24(36-33(19)44)11-27-22(14-38)21(8-10-30(41)42)26(35-27)13-25-20(7-9-29(39)40)16(3)23(34-25)12-28-31(18(5)45)17(4)32(43)37-28/h6,11-13,15,17-18,24,31,34-36,38,44-45H,1,7-10,14H2,2-5H3,(H,37,43)(H,39,40)(H,41,42)/b26-13-,27-11+,28-12-/t15?,17-,18?,24-,31+/m1/s1. The van der Waals surface area contributed by atoms with Crippen LogP contribution in [0.25, 0.3) is 18.2 Å². The van der Waals surface area contributed by atoms with Gasteiger partial charge in [-0.15, -0.1) is 0 Å². The van der Waals surface area contributed by atoms with Gasteiger partial charge >= 0.3 is 11.9 Å². The molecule has 0 aromatic carbocycles. The van der Waals surface area contributed by atoms with E-state index in [2.05, 4.69) is 39.8 Å². The third-order valence-corrected chi connectivity index (χ3v) is 9.25. The third-order valence-electron chi connectivity index (χ3n) is 8.93. The van der Waals surface area contributed by atoms with Gasteiger partial charge in [-0.2, -0.15) is 12.6 Å². The van der Waals surface area contributed by atoms with E-state index in [0.29, 0.717) is 38.8 Å². The van der Waals surface area contributed by atoms with Gasteiger partial charge in [-0.3, -0.25) is 14.4 Å². The fourth-order valence-corrected chi connectivity index (χ4v) is 6.81. The molecule has 0 bridgehead atoms. The number of H-pyrrole nitrogens is 2. The van der Waals surface area contributed by atoms with Crippen molar-refractivity contribution in [3.63, 3.8) is 0 Å². The van der Waals surface area contributed by atoms with E-state index >= 15 is 0 Å². The molecule has 2 aliphatic rings. The average molecular weight is 639 g/mol. The van der Waals surface area contributed by atoms with Crippen LogP contribution in [0.3, 0.4) is 0 Å². The minimum atomic E-state index is -0.986. The molecule has 2 unspecified atom stereocenters. The van der Waals surface area contributed by atoms with Gasteiger partial charge in [-0.25, -0.2) is 0 Å². The largest absolute Gasteiger partial charge is 0.495 e. The van der Waals surface area contributed by atoms with Crippen molar-refractivity contribution in [1.29, 1.82) is 0 Å². The van der Waals surface area contributed by atoms with E-state index in [4.69, 9.17) is 0 Å². The van der Waals surface area contributed by atoms with Crippen molar-refractivity contribution in [2.45, 2.75) is 71.3 Å². The number of carboxylic acids is 2. The first-order valence-corrected chi connectivity index (χ1v) is 15.5. The van der Waals surface area contributed by atoms with Gasteiger partial charge in [0.2, 0.25) is 5.91 Å². The number of thiol groups is 1. The van der Waals surface area contributed by atoms with E-state index in [0.717, 1.165) is 16.8 Å². The fraction of sp³-hybridized carbons (Fsp3) is 0.424. The summed E-state index contributed by atoms with van der Waals surface area (Å²) in [7, 11) is 0. The van der Waals surface area contributed by atoms with Gasteiger partial charge < -0.3 is 41.0 Å². The lowest BCUT2D eigenvalue weighted by atomic mass is 9.91. The molecule has 2 aromatic rings. The molecule has 1 amide bonds. The average Bonchev–Trinajstić information content (AvgIpc) is 3.63. The number of hydrogen-bond donors (Lipinski definition) is 9. The maximum atomic E-state index is 12.5. The zero-order chi connectivity index (χ0) is 33.2. The Hall–Kier alpha value is -4.16. The first-order valence-electron chi connectivity index (χ1n) is 15.0. The summed E-state index contributed by atoms with van der Waals surface area (Å²) < 4.78 is 0. The van der Waals surface area contributed by atoms with Crippen LogP contribution in [0.4, 0.5) is 0 Å². The van der Waals surface area contributed by atoms with Crippen molar-refractivity contribution in [3.05, 3.63) is 74.1 Å². The Labute approximate surface area is 266 Å². The molecule has 11 nitrogen and oxygen atoms in total. The number of hydrogen-bond acceptors (Lipinski definition) is 7. The smallest absolute Gasteiger partial charge is 0.303 e. The number of nitrogens with one attached hydrogen (secondary N) is 4. The zero-order valence-electron chi connectivity index (χ0n) is 25.9. The normalized spacial score (nSPS) is 24.0. The molecule has 45 heavy (non-hydrogen) atoms. The van der Waals surface area contributed by atoms with Crippen LogP contribution in [-0.4, -0.2) is 59.5 Å². The maximum absolute atomic E-state index is 12.5. The second-order valence-electron chi connectivity index (χ2n) is 11.8. The highest BCUT2D eigenvalue weighted by Gasteiger charge is 2.37. The number of carbonyl (C=O) groups excluding carboxylic acids is 1. The predicted molar refractivity (Wildman–Crippen MR) is 175 cm³/mol. The van der Waals surface area contributed by atoms with Crippen molar-refractivity contribution in [2.24, 2.45) is 17.8 Å². The van der Waals surface area contributed by atoms with Crippen LogP contribution in [0.15, 0.2) is 29.8 Å². The zero-order valence-corrected chi connectivity index (χ0v) is 26.8. The summed E-state index contributed by atoms with van der Waals surface area (Å²) in [6.45, 7) is 11.0. The van der Waals surface area contributed by atoms with E-state index in [1.807, 2.05) is 45.9 Å². The van der Waals surface area contributed by atoms with E-state index in [9.17, 15) is 34.8 Å². The molecular formula is C33H42N4O7S. The van der Waals surface area contributed by atoms with Crippen LogP contribution in [0.2, 0.25) is 0 Å². The number of aromatic amines is 2. The Bertz CT molecular complexity index is 1700. The van der Waals surface area contributed by atoms with Crippen LogP contribution in [0.5, 0.6) is 0 Å². The topological polar surface area (TPSA) is 188 Å². The van der Waals surface area contributed by atoms with Gasteiger partial charge in [0.15, 0.2) is 5.88 Å². The van der Waals surface area contributed by atoms with E-state index in [1.165, 1.54) is 0 Å². The first-order chi connectivity index (χ1) is 21.3. The predicted octanol–water partition coefficient (Wildman–Crippen LogP) is 2.39. The van der Waals surface area contributed by atoms with E-state index in [1.54, 1.807) is 6.08 Å². The minimum absolute atomic E-state index is 0.0303. The summed E-state index contributed by atoms with van der Waals surface area (Å²) in [5, 5.41) is 46.8. The lowest BCUT2D eigenvalue weighted by molar-refractivity contribution is -0.138. The molecule has 0 radical (unpaired) electrons. The SMILES string of the molecule is C=CC1=C(O)N[C@H](/C=c2/[nH]/c(=C\c3[nH]c(/C=C4\NC(=O)[C@H](C)[C@H]4C(C)S)c(C)c3CCC(=O)O)c(CCC(=O)O)c2CO)C1C. The summed E-state index contributed by atoms with van der Waals surface area (Å²) in [4.78, 5) is 42.4. The summed E-state index contributed by atoms with van der Waals surface area (Å²) in [6.07, 6.45) is 7.23. The third kappa shape index (κ3) is 7.07. The molecule has 2 aliphatic heterocycles. The Morgan fingerprint density at radius 2 is 1.62 bits per heavy atom. The van der Waals surface area contributed by atoms with Crippen LogP contribution in [-0.2, 0) is 33.8 Å². The highest BCUT2D eigenvalue weighted by molar-refractivity contribution is 7.80. The Balaban J connectivity index is 1.90. The summed E-state index contributed by atoms with van der Waals surface area (Å²) >= 11 is 4.61. The lowest BCUT2D eigenvalue weighted by Gasteiger charge is -2.17. The number of aliphatic hydroxyl groups excluding tert-OH is 2. The minimum Gasteiger partial charge on any atom is -0.495 e. The molecule has 0 aliphatic carbocycles. The molecule has 12 heteroatoms. The van der Waals surface area contributed by atoms with Gasteiger partial charge in [0, 0.05) is 74.8 Å². The molecule has 242 valence electrons. The second kappa shape index (κ2) is 13.9. The number of carboxylic acid groups (broad SMARTS) is 2. The van der Waals surface area contributed by atoms with Crippen molar-refractivity contribution in [2.75, 3.05) is 0 Å². The van der Waals surface area contributed by atoms with Crippen molar-refractivity contribution in [1.82, 2.24) is 20.6 Å². The number of aromatic nitrogens is 2. The van der Waals surface area contributed by atoms with Gasteiger partial charge in [0.25, 0.3) is 0 Å². The second-order valence-corrected chi connectivity index (χ2v) is 12.6. The monoisotopic (exact) mass is 638 g/mol. The molecule has 8 N–H and O–H groups in total. The van der Waals surface area contributed by atoms with E-state index in [-0.39, 0.29) is 73.1 Å². The lowest BCUT2D eigenvalue weighted by Crippen LogP contribution is -2.28. The molecular weight excluding hydrogens is 596 g/mol. The number of aliphatic hydroxyl groups is 2. The fourth-order valence-electron chi connectivity index (χ4n) is 6.39. The molecule has 0 spiro atoms. The van der Waals surface area contributed by atoms with Gasteiger partial charge in [-0.05, 0) is 54.7 Å². The van der Waals surface area contributed by atoms with Crippen molar-refractivity contribution < 1.29 is 34.8 Å². The number of aliphatic carboxylic acids is 2. The number of rotatable bonds is 12. The van der Waals surface area contributed by atoms with Gasteiger partial charge in [0.1, 0.15) is 0 Å². The van der Waals surface area contributed by atoms with Gasteiger partial charge in [-0.1, -0.05) is 33.4 Å². The molecule has 2 aromatic heterocycles. The number of allylic oxidation sites excluding steroid dienone is 2. The summed E-state index contributed by atoms with van der Waals surface area (Å²) in [5.74, 6) is -2.48. The molecule has 0 saturated carbocycles. The molecule has 1 saturated heterocycles. The maximum Gasteiger partial charge on any atom is 0.303 e. The molecule has 4 rings (SSSR count). The van der Waals surface area contributed by atoms with Crippen molar-refractivity contribution in [3.8, 4) is 0 Å². The van der Waals surface area contributed by atoms with Crippen LogP contribution < -0.4 is 21.3 Å². The number of amides is 1. The Morgan fingerprint density at radius 3 is 2.18 bits per heavy atom. The molecule has 1 fully saturated rings. The quantitative estimate of drug-likeness (QED) is 0.159. The Kier molecular flexibility index (Phi) is 10.4. The highest BCUT2D eigenvalue weighted by atomic mass is 32.1. The van der Waals surface area contributed by atoms with E-state index < -0.39 is 11.9 Å². The van der Waals surface area contributed by atoms with Crippen LogP contribution >= 0.6 is 12.6 Å². The van der Waals surface area contributed by atoms with Crippen molar-refractivity contribution >= 4 is 48.7 Å². The molecule has 4 heterocycles. The summed E-state index contributed by atoms with van der Waals surface area (Å²) in [5.41, 5.74) is 5.48. The van der Waals surface area contributed by atoms with Crippen LogP contribution in [0, 0.1) is 24.7 Å². The highest BCUT2D eigenvalue weighted by Crippen LogP contribution is 2.34. The Morgan fingerprint density at radius 1 is 0.978 bits per heavy atom.